The van der Waals surface area contributed by atoms with Crippen molar-refractivity contribution < 1.29 is 0 Å². The highest BCUT2D eigenvalue weighted by molar-refractivity contribution is 5.17. The van der Waals surface area contributed by atoms with Gasteiger partial charge in [-0.2, -0.15) is 0 Å². The zero-order valence-electron chi connectivity index (χ0n) is 11.2. The predicted octanol–water partition coefficient (Wildman–Crippen LogP) is 2.38. The van der Waals surface area contributed by atoms with Crippen LogP contribution in [-0.4, -0.2) is 18.2 Å². The largest absolute Gasteiger partial charge is 0.299 e. The van der Waals surface area contributed by atoms with Crippen LogP contribution in [0, 0.1) is 23.7 Å². The van der Waals surface area contributed by atoms with Crippen LogP contribution < -0.4 is 10.6 Å². The van der Waals surface area contributed by atoms with Crippen LogP contribution >= 0.6 is 0 Å². The van der Waals surface area contributed by atoms with Crippen molar-refractivity contribution >= 4 is 0 Å². The zero-order chi connectivity index (χ0) is 12.0. The minimum absolute atomic E-state index is 0.435. The fourth-order valence-electron chi connectivity index (χ4n) is 3.82. The number of nitrogens with one attached hydrogen (secondary N) is 2. The number of hydrogen-bond acceptors (Lipinski definition) is 2. The Kier molecular flexibility index (Phi) is 3.15. The maximum atomic E-state index is 4.32. The Morgan fingerprint density at radius 1 is 0.938 bits per heavy atom. The fourth-order valence-corrected chi connectivity index (χ4v) is 3.82. The van der Waals surface area contributed by atoms with Gasteiger partial charge in [0.25, 0.3) is 0 Å². The van der Waals surface area contributed by atoms with Gasteiger partial charge in [-0.3, -0.25) is 10.6 Å². The third kappa shape index (κ3) is 1.72. The van der Waals surface area contributed by atoms with Crippen LogP contribution in [0.25, 0.3) is 0 Å². The van der Waals surface area contributed by atoms with Gasteiger partial charge in [0.15, 0.2) is 0 Å². The van der Waals surface area contributed by atoms with Crippen molar-refractivity contribution in [3.63, 3.8) is 0 Å². The molecular weight excluding hydrogens is 196 g/mol. The van der Waals surface area contributed by atoms with Gasteiger partial charge in [-0.15, -0.1) is 0 Å². The highest BCUT2D eigenvalue weighted by atomic mass is 15.2. The van der Waals surface area contributed by atoms with Gasteiger partial charge in [0.05, 0.1) is 6.17 Å². The second-order valence-corrected chi connectivity index (χ2v) is 5.96. The molecular formula is C14H26N2. The van der Waals surface area contributed by atoms with E-state index in [4.69, 9.17) is 0 Å². The molecule has 0 amide bonds. The van der Waals surface area contributed by atoms with E-state index in [-0.39, 0.29) is 0 Å². The second kappa shape index (κ2) is 4.15. The Bertz CT molecular complexity index is 286. The maximum Gasteiger partial charge on any atom is 0.0546 e. The summed E-state index contributed by atoms with van der Waals surface area (Å²) in [6.45, 7) is 15.9. The van der Waals surface area contributed by atoms with Crippen LogP contribution in [-0.2, 0) is 0 Å². The molecule has 1 heterocycles. The van der Waals surface area contributed by atoms with Crippen LogP contribution in [0.2, 0.25) is 0 Å². The van der Waals surface area contributed by atoms with E-state index in [2.05, 4.69) is 51.8 Å². The lowest BCUT2D eigenvalue weighted by molar-refractivity contribution is 0.0621. The van der Waals surface area contributed by atoms with Crippen molar-refractivity contribution in [2.75, 3.05) is 0 Å². The Morgan fingerprint density at radius 2 is 1.56 bits per heavy atom. The summed E-state index contributed by atoms with van der Waals surface area (Å²) in [7, 11) is 0. The highest BCUT2D eigenvalue weighted by Crippen LogP contribution is 2.43. The molecule has 1 saturated heterocycles. The molecule has 7 unspecified atom stereocenters. The van der Waals surface area contributed by atoms with Crippen LogP contribution in [0.5, 0.6) is 0 Å². The van der Waals surface area contributed by atoms with Gasteiger partial charge in [-0.05, 0) is 37.5 Å². The third-order valence-electron chi connectivity index (χ3n) is 5.05. The summed E-state index contributed by atoms with van der Waals surface area (Å²) in [6, 6.07) is 1.23. The summed E-state index contributed by atoms with van der Waals surface area (Å²) in [5, 5.41) is 7.34. The van der Waals surface area contributed by atoms with Crippen molar-refractivity contribution in [3.8, 4) is 0 Å². The molecule has 0 aromatic heterocycles. The molecule has 2 heteroatoms. The second-order valence-electron chi connectivity index (χ2n) is 5.96. The number of rotatable bonds is 0. The summed E-state index contributed by atoms with van der Waals surface area (Å²) >= 11 is 0. The van der Waals surface area contributed by atoms with Gasteiger partial charge >= 0.3 is 0 Å². The normalized spacial score (nSPS) is 53.6. The average molecular weight is 222 g/mol. The smallest absolute Gasteiger partial charge is 0.0546 e. The molecule has 2 aliphatic rings. The predicted molar refractivity (Wildman–Crippen MR) is 69.1 cm³/mol. The Hall–Kier alpha value is -0.340. The fraction of sp³-hybridized carbons (Fsp3) is 0.857. The van der Waals surface area contributed by atoms with Crippen LogP contribution in [0.15, 0.2) is 12.2 Å². The van der Waals surface area contributed by atoms with Crippen LogP contribution in [0.4, 0.5) is 0 Å². The summed E-state index contributed by atoms with van der Waals surface area (Å²) in [6.07, 6.45) is 0.435. The molecule has 7 atom stereocenters. The molecule has 2 fully saturated rings. The maximum absolute atomic E-state index is 4.32. The molecule has 92 valence electrons. The lowest BCUT2D eigenvalue weighted by Gasteiger charge is -2.53. The molecule has 0 spiro atoms. The first kappa shape index (κ1) is 12.1. The average Bonchev–Trinajstić information content (AvgIpc) is 2.22. The lowest BCUT2D eigenvalue weighted by atomic mass is 9.61. The van der Waals surface area contributed by atoms with E-state index in [1.165, 1.54) is 5.57 Å². The molecule has 1 aliphatic carbocycles. The first-order valence-corrected chi connectivity index (χ1v) is 6.64. The van der Waals surface area contributed by atoms with Crippen molar-refractivity contribution in [1.29, 1.82) is 0 Å². The molecule has 0 bridgehead atoms. The van der Waals surface area contributed by atoms with E-state index in [0.717, 1.165) is 0 Å². The van der Waals surface area contributed by atoms with Gasteiger partial charge < -0.3 is 0 Å². The number of fused-ring (bicyclic) bond motifs is 1. The molecule has 2 rings (SSSR count). The molecule has 1 aliphatic heterocycles. The van der Waals surface area contributed by atoms with E-state index in [1.807, 2.05) is 0 Å². The minimum atomic E-state index is 0.435. The van der Waals surface area contributed by atoms with E-state index in [9.17, 15) is 0 Å². The molecule has 0 aromatic rings. The first-order chi connectivity index (χ1) is 7.43. The zero-order valence-corrected chi connectivity index (χ0v) is 11.2. The minimum Gasteiger partial charge on any atom is -0.299 e. The van der Waals surface area contributed by atoms with E-state index >= 15 is 0 Å². The van der Waals surface area contributed by atoms with E-state index in [0.29, 0.717) is 41.9 Å². The molecule has 2 nitrogen and oxygen atoms in total. The Balaban J connectivity index is 2.27. The van der Waals surface area contributed by atoms with Gasteiger partial charge in [0.1, 0.15) is 0 Å². The Labute approximate surface area is 99.9 Å². The topological polar surface area (TPSA) is 24.1 Å². The molecule has 2 N–H and O–H groups in total. The summed E-state index contributed by atoms with van der Waals surface area (Å²) in [5.74, 6) is 2.65. The third-order valence-corrected chi connectivity index (χ3v) is 5.05. The van der Waals surface area contributed by atoms with Gasteiger partial charge in [0.2, 0.25) is 0 Å². The SMILES string of the molecule is C=C1C(C)C(C)C2NC(C)NC(C)C2C1C. The molecule has 1 saturated carbocycles. The van der Waals surface area contributed by atoms with Gasteiger partial charge in [-0.1, -0.05) is 32.9 Å². The van der Waals surface area contributed by atoms with Gasteiger partial charge in [-0.25, -0.2) is 0 Å². The molecule has 0 aromatic carbocycles. The van der Waals surface area contributed by atoms with Crippen molar-refractivity contribution in [1.82, 2.24) is 10.6 Å². The van der Waals surface area contributed by atoms with Crippen LogP contribution in [0.3, 0.4) is 0 Å². The van der Waals surface area contributed by atoms with Crippen molar-refractivity contribution in [3.05, 3.63) is 12.2 Å². The quantitative estimate of drug-likeness (QED) is 0.615. The Morgan fingerprint density at radius 3 is 2.19 bits per heavy atom. The highest BCUT2D eigenvalue weighted by Gasteiger charge is 2.46. The molecule has 0 radical (unpaired) electrons. The first-order valence-electron chi connectivity index (χ1n) is 6.64. The monoisotopic (exact) mass is 222 g/mol. The van der Waals surface area contributed by atoms with E-state index in [1.54, 1.807) is 0 Å². The summed E-state index contributed by atoms with van der Waals surface area (Å²) < 4.78 is 0. The standard InChI is InChI=1S/C14H26N2/c1-7-8(2)10(4)14-13(9(7)3)11(5)15-12(6)16-14/h8-16H,1H2,2-6H3. The summed E-state index contributed by atoms with van der Waals surface area (Å²) in [4.78, 5) is 0. The van der Waals surface area contributed by atoms with Crippen molar-refractivity contribution in [2.24, 2.45) is 23.7 Å². The lowest BCUT2D eigenvalue weighted by Crippen LogP contribution is -2.67. The molecule has 16 heavy (non-hydrogen) atoms. The van der Waals surface area contributed by atoms with E-state index < -0.39 is 0 Å². The number of hydrogen-bond donors (Lipinski definition) is 2. The number of allylic oxidation sites excluding steroid dienone is 1. The summed E-state index contributed by atoms with van der Waals surface area (Å²) in [5.41, 5.74) is 1.44. The van der Waals surface area contributed by atoms with Gasteiger partial charge in [0, 0.05) is 12.1 Å². The van der Waals surface area contributed by atoms with Crippen molar-refractivity contribution in [2.45, 2.75) is 52.9 Å². The van der Waals surface area contributed by atoms with Crippen LogP contribution in [0.1, 0.15) is 34.6 Å².